The number of hydrogen-bond acceptors (Lipinski definition) is 4. The monoisotopic (exact) mass is 299 g/mol. The van der Waals surface area contributed by atoms with Crippen molar-refractivity contribution in [2.75, 3.05) is 5.32 Å². The third-order valence-electron chi connectivity index (χ3n) is 3.01. The maximum Gasteiger partial charge on any atom is 0.213 e. The van der Waals surface area contributed by atoms with E-state index in [2.05, 4.69) is 5.32 Å². The molecule has 6 heteroatoms. The van der Waals surface area contributed by atoms with Gasteiger partial charge >= 0.3 is 0 Å². The van der Waals surface area contributed by atoms with Crippen LogP contribution in [0.25, 0.3) is 0 Å². The number of ketones is 1. The number of carbonyl (C=O) groups is 1. The Labute approximate surface area is 117 Å². The highest BCUT2D eigenvalue weighted by Gasteiger charge is 2.35. The van der Waals surface area contributed by atoms with E-state index in [9.17, 15) is 13.2 Å². The molecule has 0 aromatic heterocycles. The molecule has 1 aromatic carbocycles. The topological polar surface area (TPSA) is 63.2 Å². The van der Waals surface area contributed by atoms with Gasteiger partial charge < -0.3 is 5.32 Å². The van der Waals surface area contributed by atoms with Crippen LogP contribution < -0.4 is 5.32 Å². The normalized spacial score (nSPS) is 16.8. The molecular formula is C13H14ClNO3S. The van der Waals surface area contributed by atoms with E-state index < -0.39 is 9.84 Å². The van der Waals surface area contributed by atoms with Crippen LogP contribution >= 0.6 is 11.6 Å². The first-order chi connectivity index (χ1) is 8.93. The predicted octanol–water partition coefficient (Wildman–Crippen LogP) is 3.14. The van der Waals surface area contributed by atoms with Crippen LogP contribution in [0.1, 0.15) is 26.7 Å². The lowest BCUT2D eigenvalue weighted by atomic mass is 10.2. The van der Waals surface area contributed by atoms with E-state index >= 15 is 0 Å². The van der Waals surface area contributed by atoms with E-state index in [0.717, 1.165) is 0 Å². The van der Waals surface area contributed by atoms with Crippen LogP contribution in [0.3, 0.4) is 0 Å². The summed E-state index contributed by atoms with van der Waals surface area (Å²) in [6.07, 6.45) is 0.570. The molecule has 0 atom stereocenters. The van der Waals surface area contributed by atoms with Crippen molar-refractivity contribution in [3.63, 3.8) is 0 Å². The van der Waals surface area contributed by atoms with E-state index in [1.54, 1.807) is 26.0 Å². The molecule has 2 rings (SSSR count). The number of anilines is 1. The van der Waals surface area contributed by atoms with Crippen molar-refractivity contribution in [3.05, 3.63) is 33.8 Å². The van der Waals surface area contributed by atoms with Crippen LogP contribution in [0, 0.1) is 0 Å². The van der Waals surface area contributed by atoms with E-state index in [1.807, 2.05) is 0 Å². The minimum absolute atomic E-state index is 0.0639. The molecule has 0 saturated carbocycles. The molecule has 0 amide bonds. The molecule has 1 aliphatic heterocycles. The average Bonchev–Trinajstić information content (AvgIpc) is 2.38. The lowest BCUT2D eigenvalue weighted by molar-refractivity contribution is -0.114. The molecule has 0 unspecified atom stereocenters. The average molecular weight is 300 g/mol. The summed E-state index contributed by atoms with van der Waals surface area (Å²) >= 11 is 6.02. The van der Waals surface area contributed by atoms with Gasteiger partial charge in [0.15, 0.2) is 5.78 Å². The van der Waals surface area contributed by atoms with Gasteiger partial charge in [-0.15, -0.1) is 0 Å². The van der Waals surface area contributed by atoms with Crippen molar-refractivity contribution in [3.8, 4) is 0 Å². The number of allylic oxidation sites excluding steroid dienone is 2. The van der Waals surface area contributed by atoms with Crippen LogP contribution in [0.15, 0.2) is 33.7 Å². The van der Waals surface area contributed by atoms with Crippen LogP contribution in [-0.4, -0.2) is 14.2 Å². The highest BCUT2D eigenvalue weighted by atomic mass is 35.5. The van der Waals surface area contributed by atoms with Crippen molar-refractivity contribution in [2.45, 2.75) is 31.6 Å². The number of nitrogens with one attached hydrogen (secondary N) is 1. The first kappa shape index (κ1) is 14.1. The fourth-order valence-electron chi connectivity index (χ4n) is 2.06. The maximum absolute atomic E-state index is 12.5. The van der Waals surface area contributed by atoms with Gasteiger partial charge in [-0.05, 0) is 18.6 Å². The molecule has 0 aliphatic carbocycles. The van der Waals surface area contributed by atoms with Gasteiger partial charge in [-0.25, -0.2) is 8.42 Å². The summed E-state index contributed by atoms with van der Waals surface area (Å²) in [5, 5.41) is 3.31. The van der Waals surface area contributed by atoms with Crippen molar-refractivity contribution >= 4 is 32.9 Å². The van der Waals surface area contributed by atoms with Gasteiger partial charge in [0.2, 0.25) is 9.84 Å². The van der Waals surface area contributed by atoms with Crippen LogP contribution in [0.2, 0.25) is 5.02 Å². The molecule has 0 spiro atoms. The third kappa shape index (κ3) is 2.17. The number of halogens is 1. The molecule has 19 heavy (non-hydrogen) atoms. The largest absolute Gasteiger partial charge is 0.355 e. The number of Topliss-reactive ketones (excluding diaryl/α,β-unsaturated/α-hetero) is 1. The van der Waals surface area contributed by atoms with Crippen molar-refractivity contribution in [1.82, 2.24) is 0 Å². The number of benzene rings is 1. The number of hydrogen-bond donors (Lipinski definition) is 1. The van der Waals surface area contributed by atoms with Crippen LogP contribution in [0.5, 0.6) is 0 Å². The SMILES string of the molecule is CCC(=O)C1=C(CC)Nc2c(Cl)cccc2S1(=O)=O. The van der Waals surface area contributed by atoms with E-state index in [0.29, 0.717) is 22.8 Å². The number of para-hydroxylation sites is 1. The Morgan fingerprint density at radius 3 is 2.58 bits per heavy atom. The fraction of sp³-hybridized carbons (Fsp3) is 0.308. The van der Waals surface area contributed by atoms with Gasteiger partial charge in [-0.3, -0.25) is 4.79 Å². The quantitative estimate of drug-likeness (QED) is 0.931. The molecule has 0 radical (unpaired) electrons. The maximum atomic E-state index is 12.5. The van der Waals surface area contributed by atoms with Gasteiger partial charge in [-0.1, -0.05) is 31.5 Å². The minimum Gasteiger partial charge on any atom is -0.355 e. The molecule has 1 heterocycles. The summed E-state index contributed by atoms with van der Waals surface area (Å²) in [6, 6.07) is 4.63. The summed E-state index contributed by atoms with van der Waals surface area (Å²) in [5.74, 6) is -0.380. The Bertz CT molecular complexity index is 677. The molecule has 0 bridgehead atoms. The summed E-state index contributed by atoms with van der Waals surface area (Å²) in [6.45, 7) is 3.44. The molecule has 4 nitrogen and oxygen atoms in total. The minimum atomic E-state index is -3.79. The Morgan fingerprint density at radius 1 is 1.32 bits per heavy atom. The lowest BCUT2D eigenvalue weighted by Crippen LogP contribution is -2.24. The third-order valence-corrected chi connectivity index (χ3v) is 5.26. The van der Waals surface area contributed by atoms with E-state index in [4.69, 9.17) is 11.6 Å². The Balaban J connectivity index is 2.76. The molecular weight excluding hydrogens is 286 g/mol. The molecule has 1 N–H and O–H groups in total. The Morgan fingerprint density at radius 2 is 2.00 bits per heavy atom. The number of rotatable bonds is 3. The van der Waals surface area contributed by atoms with E-state index in [-0.39, 0.29) is 22.0 Å². The Hall–Kier alpha value is -1.33. The second-order valence-electron chi connectivity index (χ2n) is 4.18. The fourth-order valence-corrected chi connectivity index (χ4v) is 4.21. The summed E-state index contributed by atoms with van der Waals surface area (Å²) in [5.41, 5.74) is 0.765. The molecule has 0 saturated heterocycles. The number of fused-ring (bicyclic) bond motifs is 1. The smallest absolute Gasteiger partial charge is 0.213 e. The predicted molar refractivity (Wildman–Crippen MR) is 74.9 cm³/mol. The van der Waals surface area contributed by atoms with Gasteiger partial charge in [0, 0.05) is 12.1 Å². The number of sulfone groups is 1. The second-order valence-corrected chi connectivity index (χ2v) is 6.44. The molecule has 0 fully saturated rings. The second kappa shape index (κ2) is 4.98. The first-order valence-electron chi connectivity index (χ1n) is 6.00. The first-order valence-corrected chi connectivity index (χ1v) is 7.86. The summed E-state index contributed by atoms with van der Waals surface area (Å²) < 4.78 is 25.1. The number of carbonyl (C=O) groups excluding carboxylic acids is 1. The zero-order valence-electron chi connectivity index (χ0n) is 10.7. The Kier molecular flexibility index (Phi) is 3.69. The van der Waals surface area contributed by atoms with Crippen LogP contribution in [-0.2, 0) is 14.6 Å². The standard InChI is InChI=1S/C13H14ClNO3S/c1-3-9-13(10(16)4-2)19(17,18)11-7-5-6-8(14)12(11)15-9/h5-7,15H,3-4H2,1-2H3. The van der Waals surface area contributed by atoms with Gasteiger partial charge in [0.05, 0.1) is 15.6 Å². The highest BCUT2D eigenvalue weighted by Crippen LogP contribution is 2.39. The van der Waals surface area contributed by atoms with Crippen molar-refractivity contribution in [1.29, 1.82) is 0 Å². The van der Waals surface area contributed by atoms with Crippen molar-refractivity contribution in [2.24, 2.45) is 0 Å². The van der Waals surface area contributed by atoms with Gasteiger partial charge in [0.1, 0.15) is 4.91 Å². The van der Waals surface area contributed by atoms with Crippen molar-refractivity contribution < 1.29 is 13.2 Å². The van der Waals surface area contributed by atoms with Crippen LogP contribution in [0.4, 0.5) is 5.69 Å². The zero-order valence-corrected chi connectivity index (χ0v) is 12.2. The zero-order chi connectivity index (χ0) is 14.2. The summed E-state index contributed by atoms with van der Waals surface area (Å²) in [4.78, 5) is 11.9. The molecule has 1 aromatic rings. The molecule has 1 aliphatic rings. The van der Waals surface area contributed by atoms with E-state index in [1.165, 1.54) is 6.07 Å². The van der Waals surface area contributed by atoms with Gasteiger partial charge in [-0.2, -0.15) is 0 Å². The summed E-state index contributed by atoms with van der Waals surface area (Å²) in [7, 11) is -3.79. The molecule has 102 valence electrons. The van der Waals surface area contributed by atoms with Gasteiger partial charge in [0.25, 0.3) is 0 Å². The highest BCUT2D eigenvalue weighted by molar-refractivity contribution is 7.96. The lowest BCUT2D eigenvalue weighted by Gasteiger charge is -2.24.